The van der Waals surface area contributed by atoms with Crippen molar-refractivity contribution >= 4 is 29.2 Å². The summed E-state index contributed by atoms with van der Waals surface area (Å²) in [6, 6.07) is 0. The van der Waals surface area contributed by atoms with Crippen LogP contribution in [0, 0.1) is 0 Å². The SMILES string of the molecule is C[N+](C)(C)CC(O)C(Cl)(Cl)C(=O)[O-]. The van der Waals surface area contributed by atoms with E-state index in [-0.39, 0.29) is 6.54 Å². The van der Waals surface area contributed by atoms with Crippen LogP contribution in [0.15, 0.2) is 0 Å². The molecule has 0 rings (SSSR count). The van der Waals surface area contributed by atoms with Gasteiger partial charge >= 0.3 is 0 Å². The molecule has 0 spiro atoms. The van der Waals surface area contributed by atoms with E-state index in [4.69, 9.17) is 23.2 Å². The van der Waals surface area contributed by atoms with Crippen LogP contribution in [0.2, 0.25) is 0 Å². The second kappa shape index (κ2) is 4.00. The molecule has 6 heteroatoms. The fourth-order valence-corrected chi connectivity index (χ4v) is 0.908. The number of quaternary nitrogens is 1. The molecule has 0 saturated heterocycles. The van der Waals surface area contributed by atoms with Crippen LogP contribution in [0.4, 0.5) is 0 Å². The molecule has 0 aromatic carbocycles. The highest BCUT2D eigenvalue weighted by atomic mass is 35.5. The lowest BCUT2D eigenvalue weighted by molar-refractivity contribution is -0.873. The highest BCUT2D eigenvalue weighted by Crippen LogP contribution is 2.25. The van der Waals surface area contributed by atoms with E-state index < -0.39 is 16.4 Å². The first-order valence-electron chi connectivity index (χ1n) is 3.65. The summed E-state index contributed by atoms with van der Waals surface area (Å²) in [6.07, 6.45) is -1.36. The van der Waals surface area contributed by atoms with Gasteiger partial charge in [-0.15, -0.1) is 0 Å². The highest BCUT2D eigenvalue weighted by Gasteiger charge is 2.38. The molecule has 0 radical (unpaired) electrons. The third-order valence-electron chi connectivity index (χ3n) is 1.41. The summed E-state index contributed by atoms with van der Waals surface area (Å²) in [6.45, 7) is 0.126. The monoisotopic (exact) mass is 229 g/mol. The smallest absolute Gasteiger partial charge is 0.188 e. The molecule has 0 aromatic rings. The van der Waals surface area contributed by atoms with Gasteiger partial charge in [-0.05, 0) is 0 Å². The Morgan fingerprint density at radius 1 is 1.54 bits per heavy atom. The van der Waals surface area contributed by atoms with Crippen LogP contribution in [0.5, 0.6) is 0 Å². The van der Waals surface area contributed by atoms with Crippen LogP contribution < -0.4 is 5.11 Å². The Kier molecular flexibility index (Phi) is 3.99. The summed E-state index contributed by atoms with van der Waals surface area (Å²) >= 11 is 10.7. The number of halogens is 2. The summed E-state index contributed by atoms with van der Waals surface area (Å²) in [5.41, 5.74) is 0. The molecule has 0 amide bonds. The van der Waals surface area contributed by atoms with Gasteiger partial charge in [-0.25, -0.2) is 0 Å². The number of hydrogen-bond donors (Lipinski definition) is 1. The van der Waals surface area contributed by atoms with Crippen molar-refractivity contribution in [1.82, 2.24) is 0 Å². The Morgan fingerprint density at radius 3 is 2.15 bits per heavy atom. The van der Waals surface area contributed by atoms with Crippen molar-refractivity contribution in [3.8, 4) is 0 Å². The summed E-state index contributed by atoms with van der Waals surface area (Å²) in [5.74, 6) is -1.68. The number of carboxylic acids is 1. The second-order valence-electron chi connectivity index (χ2n) is 3.90. The molecule has 78 valence electrons. The molecular formula is C7H13Cl2NO3. The lowest BCUT2D eigenvalue weighted by Crippen LogP contribution is -2.54. The average Bonchev–Trinajstić information content (AvgIpc) is 1.82. The van der Waals surface area contributed by atoms with Crippen molar-refractivity contribution in [2.45, 2.75) is 10.4 Å². The maximum absolute atomic E-state index is 10.4. The van der Waals surface area contributed by atoms with Gasteiger partial charge in [0.2, 0.25) is 0 Å². The minimum Gasteiger partial charge on any atom is -0.547 e. The molecule has 0 fully saturated rings. The molecular weight excluding hydrogens is 217 g/mol. The number of aliphatic carboxylic acids is 1. The normalized spacial score (nSPS) is 15.5. The Bertz CT molecular complexity index is 200. The number of likely N-dealkylation sites (N-methyl/N-ethyl adjacent to an activating group) is 1. The number of nitrogens with zero attached hydrogens (tertiary/aromatic N) is 1. The lowest BCUT2D eigenvalue weighted by Gasteiger charge is -2.32. The fraction of sp³-hybridized carbons (Fsp3) is 0.857. The van der Waals surface area contributed by atoms with Crippen molar-refractivity contribution in [2.75, 3.05) is 27.7 Å². The van der Waals surface area contributed by atoms with E-state index in [9.17, 15) is 15.0 Å². The number of carbonyl (C=O) groups is 1. The average molecular weight is 230 g/mol. The molecule has 1 unspecified atom stereocenters. The van der Waals surface area contributed by atoms with Crippen LogP contribution in [0.1, 0.15) is 0 Å². The van der Waals surface area contributed by atoms with Gasteiger partial charge in [0, 0.05) is 0 Å². The summed E-state index contributed by atoms with van der Waals surface area (Å²) in [7, 11) is 5.34. The van der Waals surface area contributed by atoms with Crippen LogP contribution in [-0.4, -0.2) is 53.7 Å². The molecule has 0 aromatic heterocycles. The first kappa shape index (κ1) is 13.0. The van der Waals surface area contributed by atoms with E-state index in [1.54, 1.807) is 21.1 Å². The molecule has 0 aliphatic heterocycles. The van der Waals surface area contributed by atoms with Crippen molar-refractivity contribution in [3.05, 3.63) is 0 Å². The van der Waals surface area contributed by atoms with Crippen LogP contribution in [0.3, 0.4) is 0 Å². The van der Waals surface area contributed by atoms with Crippen molar-refractivity contribution < 1.29 is 19.5 Å². The number of alkyl halides is 2. The standard InChI is InChI=1S/C7H13Cl2NO3/c1-10(2,3)4-5(11)7(8,9)6(12)13/h5,11H,4H2,1-3H3. The Morgan fingerprint density at radius 2 is 1.92 bits per heavy atom. The van der Waals surface area contributed by atoms with Crippen molar-refractivity contribution in [3.63, 3.8) is 0 Å². The first-order valence-corrected chi connectivity index (χ1v) is 4.41. The molecule has 0 aliphatic carbocycles. The summed E-state index contributed by atoms with van der Waals surface area (Å²) in [4.78, 5) is 10.4. The number of rotatable bonds is 4. The minimum absolute atomic E-state index is 0.126. The van der Waals surface area contributed by atoms with Crippen LogP contribution in [-0.2, 0) is 4.79 Å². The largest absolute Gasteiger partial charge is 0.547 e. The maximum atomic E-state index is 10.4. The maximum Gasteiger partial charge on any atom is 0.188 e. The first-order chi connectivity index (χ1) is 5.57. The molecule has 1 atom stereocenters. The van der Waals surface area contributed by atoms with E-state index in [0.29, 0.717) is 4.48 Å². The van der Waals surface area contributed by atoms with Crippen molar-refractivity contribution in [2.24, 2.45) is 0 Å². The van der Waals surface area contributed by atoms with Gasteiger partial charge in [-0.3, -0.25) is 0 Å². The molecule has 0 aliphatic rings. The zero-order valence-electron chi connectivity index (χ0n) is 7.75. The van der Waals surface area contributed by atoms with E-state index in [0.717, 1.165) is 0 Å². The highest BCUT2D eigenvalue weighted by molar-refractivity contribution is 6.57. The van der Waals surface area contributed by atoms with Crippen molar-refractivity contribution in [1.29, 1.82) is 0 Å². The van der Waals surface area contributed by atoms with E-state index in [2.05, 4.69) is 0 Å². The van der Waals surface area contributed by atoms with Gasteiger partial charge in [0.15, 0.2) is 4.33 Å². The van der Waals surface area contributed by atoms with E-state index in [1.165, 1.54) is 0 Å². The Labute approximate surface area is 87.3 Å². The zero-order chi connectivity index (χ0) is 10.9. The zero-order valence-corrected chi connectivity index (χ0v) is 9.26. The Hall–Kier alpha value is -0.0300. The van der Waals surface area contributed by atoms with E-state index in [1.807, 2.05) is 0 Å². The number of carboxylic acid groups (broad SMARTS) is 1. The van der Waals surface area contributed by atoms with Crippen LogP contribution in [0.25, 0.3) is 0 Å². The van der Waals surface area contributed by atoms with Gasteiger partial charge in [0.1, 0.15) is 12.6 Å². The number of carbonyl (C=O) groups excluding carboxylic acids is 1. The predicted molar refractivity (Wildman–Crippen MR) is 48.4 cm³/mol. The molecule has 0 bridgehead atoms. The van der Waals surface area contributed by atoms with Gasteiger partial charge in [0.05, 0.1) is 27.1 Å². The topological polar surface area (TPSA) is 60.4 Å². The third-order valence-corrected chi connectivity index (χ3v) is 2.22. The fourth-order valence-electron chi connectivity index (χ4n) is 0.769. The molecule has 1 N–H and O–H groups in total. The quantitative estimate of drug-likeness (QED) is 0.496. The van der Waals surface area contributed by atoms with Gasteiger partial charge in [-0.2, -0.15) is 0 Å². The molecule has 0 saturated carbocycles. The Balaban J connectivity index is 4.43. The molecule has 13 heavy (non-hydrogen) atoms. The minimum atomic E-state index is -2.24. The van der Waals surface area contributed by atoms with Gasteiger partial charge in [-0.1, -0.05) is 23.2 Å². The molecule has 4 nitrogen and oxygen atoms in total. The summed E-state index contributed by atoms with van der Waals surface area (Å²) < 4.78 is -1.89. The lowest BCUT2D eigenvalue weighted by atomic mass is 10.2. The second-order valence-corrected chi connectivity index (χ2v) is 5.28. The third kappa shape index (κ3) is 4.13. The number of aliphatic hydroxyl groups is 1. The number of hydrogen-bond acceptors (Lipinski definition) is 3. The van der Waals surface area contributed by atoms with E-state index >= 15 is 0 Å². The van der Waals surface area contributed by atoms with Gasteiger partial charge < -0.3 is 19.5 Å². The number of aliphatic hydroxyl groups excluding tert-OH is 1. The summed E-state index contributed by atoms with van der Waals surface area (Å²) in [5, 5.41) is 19.8. The van der Waals surface area contributed by atoms with Gasteiger partial charge in [0.25, 0.3) is 0 Å². The molecule has 0 heterocycles. The predicted octanol–water partition coefficient (Wildman–Crippen LogP) is -1.02. The van der Waals surface area contributed by atoms with Crippen LogP contribution >= 0.6 is 23.2 Å².